The Balaban J connectivity index is 1.96. The molecule has 0 saturated heterocycles. The standard InChI is InChI=1S/C19H22ClNO2/c1-12-5-6-16(11-13(12)2)14(3)21-19(22)15(4)23-18-9-7-17(20)8-10-18/h5-11,14-15H,1-4H3,(H,21,22)/t14-,15-/m0/s1. The molecule has 0 bridgehead atoms. The molecular weight excluding hydrogens is 310 g/mol. The van der Waals surface area contributed by atoms with Gasteiger partial charge in [0.2, 0.25) is 0 Å². The number of rotatable bonds is 5. The summed E-state index contributed by atoms with van der Waals surface area (Å²) in [5, 5.41) is 3.62. The van der Waals surface area contributed by atoms with Gasteiger partial charge in [0, 0.05) is 5.02 Å². The first kappa shape index (κ1) is 17.4. The van der Waals surface area contributed by atoms with Crippen LogP contribution in [0.15, 0.2) is 42.5 Å². The summed E-state index contributed by atoms with van der Waals surface area (Å²) >= 11 is 5.84. The van der Waals surface area contributed by atoms with Gasteiger partial charge in [0.15, 0.2) is 6.10 Å². The van der Waals surface area contributed by atoms with Gasteiger partial charge in [0.1, 0.15) is 5.75 Å². The van der Waals surface area contributed by atoms with Crippen LogP contribution in [0.2, 0.25) is 5.02 Å². The van der Waals surface area contributed by atoms with E-state index in [9.17, 15) is 4.79 Å². The first-order chi connectivity index (χ1) is 10.9. The van der Waals surface area contributed by atoms with E-state index in [1.807, 2.05) is 13.0 Å². The quantitative estimate of drug-likeness (QED) is 0.869. The van der Waals surface area contributed by atoms with Crippen molar-refractivity contribution in [1.82, 2.24) is 5.32 Å². The molecule has 2 aromatic rings. The number of aryl methyl sites for hydroxylation is 2. The fourth-order valence-corrected chi connectivity index (χ4v) is 2.34. The fourth-order valence-electron chi connectivity index (χ4n) is 2.22. The van der Waals surface area contributed by atoms with E-state index in [4.69, 9.17) is 16.3 Å². The van der Waals surface area contributed by atoms with Crippen molar-refractivity contribution in [1.29, 1.82) is 0 Å². The van der Waals surface area contributed by atoms with Gasteiger partial charge in [-0.2, -0.15) is 0 Å². The molecule has 0 aromatic heterocycles. The molecule has 0 unspecified atom stereocenters. The minimum Gasteiger partial charge on any atom is -0.481 e. The minimum absolute atomic E-state index is 0.0712. The molecule has 4 heteroatoms. The summed E-state index contributed by atoms with van der Waals surface area (Å²) in [4.78, 5) is 12.3. The van der Waals surface area contributed by atoms with Crippen LogP contribution in [0.4, 0.5) is 0 Å². The predicted molar refractivity (Wildman–Crippen MR) is 94.0 cm³/mol. The molecule has 0 saturated carbocycles. The third kappa shape index (κ3) is 4.73. The molecule has 0 aliphatic carbocycles. The summed E-state index contributed by atoms with van der Waals surface area (Å²) in [6, 6.07) is 13.1. The Hall–Kier alpha value is -2.00. The lowest BCUT2D eigenvalue weighted by molar-refractivity contribution is -0.127. The van der Waals surface area contributed by atoms with E-state index in [1.165, 1.54) is 11.1 Å². The average molecular weight is 332 g/mol. The maximum Gasteiger partial charge on any atom is 0.261 e. The number of halogens is 1. The molecule has 2 atom stereocenters. The van der Waals surface area contributed by atoms with Gasteiger partial charge in [-0.25, -0.2) is 0 Å². The topological polar surface area (TPSA) is 38.3 Å². The highest BCUT2D eigenvalue weighted by Crippen LogP contribution is 2.19. The molecule has 0 spiro atoms. The van der Waals surface area contributed by atoms with Gasteiger partial charge in [-0.1, -0.05) is 29.8 Å². The average Bonchev–Trinajstić information content (AvgIpc) is 2.52. The third-order valence-electron chi connectivity index (χ3n) is 3.89. The summed E-state index contributed by atoms with van der Waals surface area (Å²) in [7, 11) is 0. The second kappa shape index (κ2) is 7.51. The van der Waals surface area contributed by atoms with Crippen molar-refractivity contribution in [2.45, 2.75) is 39.8 Å². The Labute approximate surface area is 142 Å². The summed E-state index contributed by atoms with van der Waals surface area (Å²) in [6.45, 7) is 7.85. The number of hydrogen-bond acceptors (Lipinski definition) is 2. The maximum atomic E-state index is 12.3. The van der Waals surface area contributed by atoms with Gasteiger partial charge in [-0.3, -0.25) is 4.79 Å². The van der Waals surface area contributed by atoms with E-state index in [2.05, 4.69) is 31.3 Å². The Bertz CT molecular complexity index is 682. The number of carbonyl (C=O) groups is 1. The van der Waals surface area contributed by atoms with E-state index in [1.54, 1.807) is 31.2 Å². The van der Waals surface area contributed by atoms with Gasteiger partial charge in [-0.15, -0.1) is 0 Å². The number of amides is 1. The largest absolute Gasteiger partial charge is 0.481 e. The van der Waals surface area contributed by atoms with Gasteiger partial charge in [-0.05, 0) is 68.7 Å². The van der Waals surface area contributed by atoms with Crippen LogP contribution in [-0.2, 0) is 4.79 Å². The minimum atomic E-state index is -0.579. The molecule has 0 fully saturated rings. The number of hydrogen-bond donors (Lipinski definition) is 1. The van der Waals surface area contributed by atoms with Crippen molar-refractivity contribution in [2.24, 2.45) is 0 Å². The normalized spacial score (nSPS) is 13.3. The molecule has 23 heavy (non-hydrogen) atoms. The van der Waals surface area contributed by atoms with E-state index < -0.39 is 6.10 Å². The van der Waals surface area contributed by atoms with Crippen LogP contribution in [-0.4, -0.2) is 12.0 Å². The van der Waals surface area contributed by atoms with Crippen molar-refractivity contribution >= 4 is 17.5 Å². The van der Waals surface area contributed by atoms with Crippen molar-refractivity contribution in [3.05, 3.63) is 64.2 Å². The van der Waals surface area contributed by atoms with E-state index in [-0.39, 0.29) is 11.9 Å². The molecule has 122 valence electrons. The van der Waals surface area contributed by atoms with Crippen LogP contribution in [0, 0.1) is 13.8 Å². The van der Waals surface area contributed by atoms with Crippen molar-refractivity contribution in [3.8, 4) is 5.75 Å². The van der Waals surface area contributed by atoms with E-state index in [0.717, 1.165) is 5.56 Å². The molecule has 2 rings (SSSR count). The molecule has 0 aliphatic rings. The maximum absolute atomic E-state index is 12.3. The second-order valence-corrected chi connectivity index (χ2v) is 6.22. The van der Waals surface area contributed by atoms with Crippen molar-refractivity contribution in [2.75, 3.05) is 0 Å². The molecule has 0 heterocycles. The van der Waals surface area contributed by atoms with Crippen molar-refractivity contribution < 1.29 is 9.53 Å². The van der Waals surface area contributed by atoms with Crippen LogP contribution in [0.1, 0.15) is 36.6 Å². The van der Waals surface area contributed by atoms with Gasteiger partial charge in [0.25, 0.3) is 5.91 Å². The van der Waals surface area contributed by atoms with E-state index in [0.29, 0.717) is 10.8 Å². The lowest BCUT2D eigenvalue weighted by atomic mass is 10.0. The lowest BCUT2D eigenvalue weighted by Crippen LogP contribution is -2.37. The van der Waals surface area contributed by atoms with Crippen LogP contribution in [0.3, 0.4) is 0 Å². The zero-order chi connectivity index (χ0) is 17.0. The van der Waals surface area contributed by atoms with Gasteiger partial charge < -0.3 is 10.1 Å². The summed E-state index contributed by atoms with van der Waals surface area (Å²) in [6.07, 6.45) is -0.579. The molecule has 1 amide bonds. The first-order valence-corrected chi connectivity index (χ1v) is 8.04. The van der Waals surface area contributed by atoms with Crippen LogP contribution in [0.25, 0.3) is 0 Å². The van der Waals surface area contributed by atoms with Crippen molar-refractivity contribution in [3.63, 3.8) is 0 Å². The highest BCUT2D eigenvalue weighted by atomic mass is 35.5. The van der Waals surface area contributed by atoms with E-state index >= 15 is 0 Å². The molecule has 0 aliphatic heterocycles. The molecular formula is C19H22ClNO2. The molecule has 0 radical (unpaired) electrons. The highest BCUT2D eigenvalue weighted by molar-refractivity contribution is 6.30. The predicted octanol–water partition coefficient (Wildman–Crippen LogP) is 4.60. The monoisotopic (exact) mass is 331 g/mol. The molecule has 2 aromatic carbocycles. The summed E-state index contributed by atoms with van der Waals surface area (Å²) < 4.78 is 5.64. The van der Waals surface area contributed by atoms with Gasteiger partial charge in [0.05, 0.1) is 6.04 Å². The van der Waals surface area contributed by atoms with Crippen LogP contribution >= 0.6 is 11.6 Å². The highest BCUT2D eigenvalue weighted by Gasteiger charge is 2.18. The third-order valence-corrected chi connectivity index (χ3v) is 4.14. The zero-order valence-electron chi connectivity index (χ0n) is 13.9. The Morgan fingerprint density at radius 2 is 1.70 bits per heavy atom. The number of benzene rings is 2. The SMILES string of the molecule is Cc1ccc([C@H](C)NC(=O)[C@H](C)Oc2ccc(Cl)cc2)cc1C. The van der Waals surface area contributed by atoms with Crippen LogP contribution < -0.4 is 10.1 Å². The zero-order valence-corrected chi connectivity index (χ0v) is 14.6. The number of nitrogens with one attached hydrogen (secondary N) is 1. The summed E-state index contributed by atoms with van der Waals surface area (Å²) in [5.41, 5.74) is 3.54. The lowest BCUT2D eigenvalue weighted by Gasteiger charge is -2.19. The Morgan fingerprint density at radius 1 is 1.04 bits per heavy atom. The second-order valence-electron chi connectivity index (χ2n) is 5.79. The molecule has 1 N–H and O–H groups in total. The Kier molecular flexibility index (Phi) is 5.67. The fraction of sp³-hybridized carbons (Fsp3) is 0.316. The first-order valence-electron chi connectivity index (χ1n) is 7.66. The number of ether oxygens (including phenoxy) is 1. The van der Waals surface area contributed by atoms with Crippen LogP contribution in [0.5, 0.6) is 5.75 Å². The Morgan fingerprint density at radius 3 is 2.30 bits per heavy atom. The van der Waals surface area contributed by atoms with Gasteiger partial charge >= 0.3 is 0 Å². The summed E-state index contributed by atoms with van der Waals surface area (Å²) in [5.74, 6) is 0.474. The number of carbonyl (C=O) groups excluding carboxylic acids is 1. The molecule has 3 nitrogen and oxygen atoms in total. The smallest absolute Gasteiger partial charge is 0.261 e.